The van der Waals surface area contributed by atoms with Gasteiger partial charge < -0.3 is 19.8 Å². The van der Waals surface area contributed by atoms with Gasteiger partial charge in [-0.15, -0.1) is 0 Å². The van der Waals surface area contributed by atoms with Gasteiger partial charge in [0.05, 0.1) is 17.8 Å². The number of piperazine rings is 1. The summed E-state index contributed by atoms with van der Waals surface area (Å²) in [6.07, 6.45) is 4.91. The Hall–Kier alpha value is -3.07. The third-order valence-electron chi connectivity index (χ3n) is 6.99. The highest BCUT2D eigenvalue weighted by Crippen LogP contribution is 2.49. The summed E-state index contributed by atoms with van der Waals surface area (Å²) in [5, 5.41) is 10.8. The lowest BCUT2D eigenvalue weighted by Gasteiger charge is -2.37. The van der Waals surface area contributed by atoms with Crippen LogP contribution in [0.4, 0.5) is 21.8 Å². The van der Waals surface area contributed by atoms with Crippen molar-refractivity contribution in [2.45, 2.75) is 38.0 Å². The number of aromatic nitrogens is 4. The Balaban J connectivity index is 1.34. The summed E-state index contributed by atoms with van der Waals surface area (Å²) in [5.41, 5.74) is 0.427. The second-order valence-electron chi connectivity index (χ2n) is 9.40. The second-order valence-corrected chi connectivity index (χ2v) is 9.40. The number of aliphatic hydroxyl groups is 1. The fourth-order valence-corrected chi connectivity index (χ4v) is 4.84. The third kappa shape index (κ3) is 3.74. The molecular weight excluding hydrogens is 421 g/mol. The second kappa shape index (κ2) is 7.76. The van der Waals surface area contributed by atoms with Crippen LogP contribution in [-0.4, -0.2) is 70.4 Å². The largest absolute Gasteiger partial charge is 0.391 e. The number of hydrogen-bond donors (Lipinski definition) is 1. The molecule has 0 bridgehead atoms. The van der Waals surface area contributed by atoms with Crippen LogP contribution in [0.1, 0.15) is 30.7 Å². The Labute approximate surface area is 192 Å². The number of nitrogens with zero attached hydrogens (tertiary/aromatic N) is 7. The first-order valence-electron chi connectivity index (χ1n) is 11.7. The van der Waals surface area contributed by atoms with Crippen LogP contribution in [-0.2, 0) is 5.67 Å². The van der Waals surface area contributed by atoms with Gasteiger partial charge in [0, 0.05) is 50.9 Å². The first-order chi connectivity index (χ1) is 16.0. The van der Waals surface area contributed by atoms with Crippen LogP contribution in [0.5, 0.6) is 0 Å². The van der Waals surface area contributed by atoms with Crippen LogP contribution in [0, 0.1) is 6.92 Å². The van der Waals surface area contributed by atoms with E-state index in [1.54, 1.807) is 6.20 Å². The van der Waals surface area contributed by atoms with Gasteiger partial charge in [-0.25, -0.2) is 24.3 Å². The molecule has 8 nitrogen and oxygen atoms in total. The summed E-state index contributed by atoms with van der Waals surface area (Å²) in [4.78, 5) is 25.1. The van der Waals surface area contributed by atoms with Gasteiger partial charge in [0.25, 0.3) is 0 Å². The molecule has 6 rings (SSSR count). The molecule has 1 aliphatic carbocycles. The Morgan fingerprint density at radius 2 is 1.76 bits per heavy atom. The van der Waals surface area contributed by atoms with Crippen molar-refractivity contribution in [3.63, 3.8) is 0 Å². The zero-order chi connectivity index (χ0) is 22.6. The Kier molecular flexibility index (Phi) is 4.83. The number of aliphatic hydroxyl groups excluding tert-OH is 1. The lowest BCUT2D eigenvalue weighted by molar-refractivity contribution is 0.198. The minimum atomic E-state index is -1.41. The Morgan fingerprint density at radius 3 is 2.42 bits per heavy atom. The van der Waals surface area contributed by atoms with Crippen molar-refractivity contribution in [3.8, 4) is 0 Å². The van der Waals surface area contributed by atoms with Gasteiger partial charge in [-0.3, -0.25) is 0 Å². The van der Waals surface area contributed by atoms with E-state index >= 15 is 0 Å². The normalized spacial score (nSPS) is 22.3. The molecule has 0 unspecified atom stereocenters. The van der Waals surface area contributed by atoms with E-state index in [1.807, 2.05) is 18.3 Å². The molecule has 1 atom stereocenters. The number of halogens is 1. The molecule has 5 heterocycles. The molecule has 3 aromatic rings. The van der Waals surface area contributed by atoms with Crippen LogP contribution in [0.15, 0.2) is 30.6 Å². The number of fused-ring (bicyclic) bond motifs is 1. The summed E-state index contributed by atoms with van der Waals surface area (Å²) < 4.78 is 15.0. The molecule has 2 saturated heterocycles. The smallest absolute Gasteiger partial charge is 0.170 e. The molecule has 0 spiro atoms. The number of anilines is 3. The molecule has 3 aliphatic rings. The Morgan fingerprint density at radius 1 is 1.00 bits per heavy atom. The third-order valence-corrected chi connectivity index (χ3v) is 6.99. The summed E-state index contributed by atoms with van der Waals surface area (Å²) in [6.45, 7) is 6.58. The lowest BCUT2D eigenvalue weighted by Crippen LogP contribution is -2.47. The summed E-state index contributed by atoms with van der Waals surface area (Å²) in [7, 11) is 0. The minimum absolute atomic E-state index is 0.277. The molecule has 9 heteroatoms. The van der Waals surface area contributed by atoms with Crippen molar-refractivity contribution < 1.29 is 9.50 Å². The average molecular weight is 450 g/mol. The van der Waals surface area contributed by atoms with Crippen LogP contribution in [0.25, 0.3) is 10.9 Å². The fourth-order valence-electron chi connectivity index (χ4n) is 4.84. The summed E-state index contributed by atoms with van der Waals surface area (Å²) >= 11 is 0. The molecule has 1 N–H and O–H groups in total. The number of aryl methyl sites for hydroxylation is 1. The maximum absolute atomic E-state index is 15.0. The highest BCUT2D eigenvalue weighted by atomic mass is 19.1. The van der Waals surface area contributed by atoms with E-state index in [-0.39, 0.29) is 11.9 Å². The van der Waals surface area contributed by atoms with Gasteiger partial charge in [0.1, 0.15) is 17.5 Å². The van der Waals surface area contributed by atoms with Gasteiger partial charge >= 0.3 is 0 Å². The molecule has 0 aromatic carbocycles. The highest BCUT2D eigenvalue weighted by Gasteiger charge is 2.48. The van der Waals surface area contributed by atoms with Crippen LogP contribution in [0.2, 0.25) is 0 Å². The number of pyridine rings is 2. The molecule has 0 amide bonds. The van der Waals surface area contributed by atoms with Crippen molar-refractivity contribution in [3.05, 3.63) is 42.0 Å². The van der Waals surface area contributed by atoms with E-state index in [0.717, 1.165) is 67.5 Å². The maximum atomic E-state index is 15.0. The first-order valence-corrected chi connectivity index (χ1v) is 11.7. The van der Waals surface area contributed by atoms with E-state index in [2.05, 4.69) is 42.6 Å². The SMILES string of the molecule is Cc1cccnc1N1CCN(c2nc(C3(F)CC3)nc3cnc(N4CC[C@H](O)C4)cc23)CC1. The first kappa shape index (κ1) is 20.5. The van der Waals surface area contributed by atoms with E-state index in [9.17, 15) is 9.50 Å². The molecule has 0 radical (unpaired) electrons. The molecule has 33 heavy (non-hydrogen) atoms. The molecule has 3 aromatic heterocycles. The Bertz CT molecular complexity index is 1190. The predicted octanol–water partition coefficient (Wildman–Crippen LogP) is 2.58. The summed E-state index contributed by atoms with van der Waals surface area (Å²) in [6, 6.07) is 6.04. The zero-order valence-corrected chi connectivity index (χ0v) is 18.8. The van der Waals surface area contributed by atoms with Crippen molar-refractivity contribution in [2.75, 3.05) is 54.0 Å². The van der Waals surface area contributed by atoms with Crippen molar-refractivity contribution in [1.29, 1.82) is 0 Å². The van der Waals surface area contributed by atoms with Crippen molar-refractivity contribution in [2.24, 2.45) is 0 Å². The quantitative estimate of drug-likeness (QED) is 0.651. The molecular formula is C24H28FN7O. The van der Waals surface area contributed by atoms with Crippen molar-refractivity contribution in [1.82, 2.24) is 19.9 Å². The molecule has 1 saturated carbocycles. The standard InChI is InChI=1S/C24H28FN7O/c1-16-3-2-7-26-21(16)30-9-11-31(12-10-30)22-18-13-20(32-8-4-17(33)15-32)27-14-19(18)28-23(29-22)24(25)5-6-24/h2-3,7,13-14,17,33H,4-6,8-12,15H2,1H3/t17-/m0/s1. The minimum Gasteiger partial charge on any atom is -0.391 e. The topological polar surface area (TPSA) is 81.5 Å². The lowest BCUT2D eigenvalue weighted by atomic mass is 10.2. The highest BCUT2D eigenvalue weighted by molar-refractivity contribution is 5.91. The number of alkyl halides is 1. The van der Waals surface area contributed by atoms with Gasteiger partial charge in [-0.05, 0) is 43.9 Å². The van der Waals surface area contributed by atoms with Crippen LogP contribution < -0.4 is 14.7 Å². The molecule has 172 valence electrons. The monoisotopic (exact) mass is 449 g/mol. The maximum Gasteiger partial charge on any atom is 0.170 e. The van der Waals surface area contributed by atoms with E-state index < -0.39 is 5.67 Å². The fraction of sp³-hybridized carbons (Fsp3) is 0.500. The van der Waals surface area contributed by atoms with Gasteiger partial charge in [0.2, 0.25) is 0 Å². The van der Waals surface area contributed by atoms with Gasteiger partial charge in [0.15, 0.2) is 11.5 Å². The summed E-state index contributed by atoms with van der Waals surface area (Å²) in [5.74, 6) is 2.88. The number of rotatable bonds is 4. The molecule has 3 fully saturated rings. The van der Waals surface area contributed by atoms with Gasteiger partial charge in [-0.1, -0.05) is 6.07 Å². The van der Waals surface area contributed by atoms with Crippen LogP contribution >= 0.6 is 0 Å². The number of hydrogen-bond acceptors (Lipinski definition) is 8. The molecule has 2 aliphatic heterocycles. The van der Waals surface area contributed by atoms with E-state index in [1.165, 1.54) is 0 Å². The van der Waals surface area contributed by atoms with Crippen molar-refractivity contribution >= 4 is 28.4 Å². The van der Waals surface area contributed by atoms with Crippen LogP contribution in [0.3, 0.4) is 0 Å². The van der Waals surface area contributed by atoms with E-state index in [4.69, 9.17) is 4.98 Å². The average Bonchev–Trinajstić information content (AvgIpc) is 3.45. The predicted molar refractivity (Wildman–Crippen MR) is 126 cm³/mol. The van der Waals surface area contributed by atoms with Gasteiger partial charge in [-0.2, -0.15) is 0 Å². The van der Waals surface area contributed by atoms with E-state index in [0.29, 0.717) is 24.9 Å². The zero-order valence-electron chi connectivity index (χ0n) is 18.8. The number of β-amino-alcohol motifs (C(OH)–C–C–N with tert-alkyl or cyclic N) is 1.